The van der Waals surface area contributed by atoms with Gasteiger partial charge in [0.05, 0.1) is 17.0 Å². The van der Waals surface area contributed by atoms with Gasteiger partial charge in [-0.2, -0.15) is 5.26 Å². The van der Waals surface area contributed by atoms with E-state index in [0.717, 1.165) is 11.3 Å². The summed E-state index contributed by atoms with van der Waals surface area (Å²) in [5, 5.41) is 20.8. The minimum absolute atomic E-state index is 0.0434. The summed E-state index contributed by atoms with van der Waals surface area (Å²) in [6.07, 6.45) is 0.633. The first kappa shape index (κ1) is 12.0. The van der Waals surface area contributed by atoms with Crippen molar-refractivity contribution in [2.75, 3.05) is 5.75 Å². The Hall–Kier alpha value is -1.51. The Balaban J connectivity index is 2.16. The molecule has 1 saturated heterocycles. The lowest BCUT2D eigenvalue weighted by atomic mass is 10.1. The Morgan fingerprint density at radius 3 is 3.12 bits per heavy atom. The number of nitriles is 1. The van der Waals surface area contributed by atoms with E-state index >= 15 is 0 Å². The summed E-state index contributed by atoms with van der Waals surface area (Å²) in [6.45, 7) is 0. The van der Waals surface area contributed by atoms with Crippen LogP contribution >= 0.6 is 11.8 Å². The van der Waals surface area contributed by atoms with Crippen LogP contribution in [-0.4, -0.2) is 22.9 Å². The number of rotatable bonds is 2. The zero-order chi connectivity index (χ0) is 12.3. The minimum atomic E-state index is -0.813. The fourth-order valence-corrected chi connectivity index (χ4v) is 2.98. The molecule has 1 aliphatic heterocycles. The van der Waals surface area contributed by atoms with E-state index in [-0.39, 0.29) is 5.37 Å². The van der Waals surface area contributed by atoms with Gasteiger partial charge in [0, 0.05) is 0 Å². The maximum absolute atomic E-state index is 10.9. The van der Waals surface area contributed by atoms with Crippen LogP contribution < -0.4 is 5.32 Å². The van der Waals surface area contributed by atoms with Crippen molar-refractivity contribution in [1.82, 2.24) is 5.32 Å². The number of aliphatic carboxylic acids is 1. The molecule has 2 atom stereocenters. The number of carbonyl (C=O) groups is 1. The van der Waals surface area contributed by atoms with E-state index in [0.29, 0.717) is 12.0 Å². The van der Waals surface area contributed by atoms with Crippen LogP contribution in [0.5, 0.6) is 0 Å². The van der Waals surface area contributed by atoms with Crippen molar-refractivity contribution in [1.29, 1.82) is 5.26 Å². The summed E-state index contributed by atoms with van der Waals surface area (Å²) < 4.78 is 0. The van der Waals surface area contributed by atoms with Gasteiger partial charge in [-0.25, -0.2) is 0 Å². The zero-order valence-electron chi connectivity index (χ0n) is 9.09. The van der Waals surface area contributed by atoms with Gasteiger partial charge in [0.2, 0.25) is 0 Å². The van der Waals surface area contributed by atoms with Crippen molar-refractivity contribution in [2.45, 2.75) is 17.8 Å². The first-order chi connectivity index (χ1) is 8.20. The molecule has 1 fully saturated rings. The average Bonchev–Trinajstić information content (AvgIpc) is 2.39. The zero-order valence-corrected chi connectivity index (χ0v) is 9.91. The van der Waals surface area contributed by atoms with Crippen molar-refractivity contribution in [3.8, 4) is 6.07 Å². The lowest BCUT2D eigenvalue weighted by molar-refractivity contribution is -0.139. The summed E-state index contributed by atoms with van der Waals surface area (Å²) in [7, 11) is 0. The summed E-state index contributed by atoms with van der Waals surface area (Å²) in [6, 6.07) is 8.87. The lowest BCUT2D eigenvalue weighted by Crippen LogP contribution is -2.41. The maximum Gasteiger partial charge on any atom is 0.320 e. The molecule has 0 aliphatic carbocycles. The molecule has 0 amide bonds. The van der Waals surface area contributed by atoms with Gasteiger partial charge in [-0.15, -0.1) is 11.8 Å². The van der Waals surface area contributed by atoms with Crippen molar-refractivity contribution < 1.29 is 9.90 Å². The van der Waals surface area contributed by atoms with Gasteiger partial charge in [-0.3, -0.25) is 10.1 Å². The van der Waals surface area contributed by atoms with Crippen LogP contribution in [0.25, 0.3) is 0 Å². The molecule has 0 saturated carbocycles. The highest BCUT2D eigenvalue weighted by Gasteiger charge is 2.27. The van der Waals surface area contributed by atoms with E-state index in [1.807, 2.05) is 12.1 Å². The third-order valence-corrected chi connectivity index (χ3v) is 3.87. The quantitative estimate of drug-likeness (QED) is 0.834. The topological polar surface area (TPSA) is 73.1 Å². The predicted molar refractivity (Wildman–Crippen MR) is 65.5 cm³/mol. The standard InChI is InChI=1S/C12H12N2O2S/c13-7-8-2-1-3-9(6-8)11-14-10(12(15)16)4-5-17-11/h1-3,6,10-11,14H,4-5H2,(H,15,16). The highest BCUT2D eigenvalue weighted by atomic mass is 32.2. The van der Waals surface area contributed by atoms with Crippen molar-refractivity contribution in [2.24, 2.45) is 0 Å². The third kappa shape index (κ3) is 2.78. The Labute approximate surface area is 104 Å². The molecular formula is C12H12N2O2S. The second-order valence-electron chi connectivity index (χ2n) is 3.83. The van der Waals surface area contributed by atoms with Crippen molar-refractivity contribution >= 4 is 17.7 Å². The van der Waals surface area contributed by atoms with Gasteiger partial charge in [0.25, 0.3) is 0 Å². The molecule has 1 aliphatic rings. The minimum Gasteiger partial charge on any atom is -0.480 e. The summed E-state index contributed by atoms with van der Waals surface area (Å²) >= 11 is 1.67. The fraction of sp³-hybridized carbons (Fsp3) is 0.333. The molecule has 17 heavy (non-hydrogen) atoms. The molecule has 1 heterocycles. The van der Waals surface area contributed by atoms with Crippen LogP contribution in [0.15, 0.2) is 24.3 Å². The van der Waals surface area contributed by atoms with Gasteiger partial charge in [-0.1, -0.05) is 12.1 Å². The second-order valence-corrected chi connectivity index (χ2v) is 5.05. The molecule has 5 heteroatoms. The number of carboxylic acid groups (broad SMARTS) is 1. The number of benzene rings is 1. The first-order valence-corrected chi connectivity index (χ1v) is 6.36. The Kier molecular flexibility index (Phi) is 3.67. The summed E-state index contributed by atoms with van der Waals surface area (Å²) in [5.74, 6) is -0.00228. The summed E-state index contributed by atoms with van der Waals surface area (Å²) in [4.78, 5) is 10.9. The molecule has 0 bridgehead atoms. The van der Waals surface area contributed by atoms with E-state index in [4.69, 9.17) is 10.4 Å². The number of nitrogens with one attached hydrogen (secondary N) is 1. The average molecular weight is 248 g/mol. The lowest BCUT2D eigenvalue weighted by Gasteiger charge is -2.28. The van der Waals surface area contributed by atoms with Crippen LogP contribution in [-0.2, 0) is 4.79 Å². The van der Waals surface area contributed by atoms with Gasteiger partial charge in [-0.05, 0) is 29.9 Å². The number of nitrogens with zero attached hydrogens (tertiary/aromatic N) is 1. The molecular weight excluding hydrogens is 236 g/mol. The van der Waals surface area contributed by atoms with E-state index in [1.165, 1.54) is 0 Å². The highest BCUT2D eigenvalue weighted by molar-refractivity contribution is 7.99. The molecule has 88 valence electrons. The maximum atomic E-state index is 10.9. The van der Waals surface area contributed by atoms with Crippen LogP contribution in [0.1, 0.15) is 22.9 Å². The monoisotopic (exact) mass is 248 g/mol. The van der Waals surface area contributed by atoms with Gasteiger partial charge >= 0.3 is 5.97 Å². The summed E-state index contributed by atoms with van der Waals surface area (Å²) in [5.41, 5.74) is 1.56. The molecule has 0 spiro atoms. The largest absolute Gasteiger partial charge is 0.480 e. The smallest absolute Gasteiger partial charge is 0.320 e. The Bertz CT molecular complexity index is 470. The number of hydrogen-bond donors (Lipinski definition) is 2. The molecule has 1 aromatic carbocycles. The molecule has 0 aromatic heterocycles. The predicted octanol–water partition coefficient (Wildman–Crippen LogP) is 1.74. The fourth-order valence-electron chi connectivity index (χ4n) is 1.78. The van der Waals surface area contributed by atoms with Crippen LogP contribution in [0.4, 0.5) is 0 Å². The SMILES string of the molecule is N#Cc1cccc(C2NC(C(=O)O)CCS2)c1. The van der Waals surface area contributed by atoms with Crippen molar-refractivity contribution in [3.05, 3.63) is 35.4 Å². The van der Waals surface area contributed by atoms with E-state index < -0.39 is 12.0 Å². The van der Waals surface area contributed by atoms with E-state index in [9.17, 15) is 4.79 Å². The van der Waals surface area contributed by atoms with Crippen LogP contribution in [0.3, 0.4) is 0 Å². The third-order valence-electron chi connectivity index (χ3n) is 2.66. The number of thioether (sulfide) groups is 1. The highest BCUT2D eigenvalue weighted by Crippen LogP contribution is 2.31. The van der Waals surface area contributed by atoms with E-state index in [1.54, 1.807) is 23.9 Å². The molecule has 2 unspecified atom stereocenters. The van der Waals surface area contributed by atoms with Crippen molar-refractivity contribution in [3.63, 3.8) is 0 Å². The van der Waals surface area contributed by atoms with Gasteiger partial charge in [0.1, 0.15) is 6.04 Å². The molecule has 2 N–H and O–H groups in total. The molecule has 2 rings (SSSR count). The normalized spacial score (nSPS) is 23.9. The number of carboxylic acids is 1. The Morgan fingerprint density at radius 2 is 2.41 bits per heavy atom. The molecule has 0 radical (unpaired) electrons. The second kappa shape index (κ2) is 5.21. The van der Waals surface area contributed by atoms with Gasteiger partial charge in [0.15, 0.2) is 0 Å². The Morgan fingerprint density at radius 1 is 1.59 bits per heavy atom. The number of hydrogen-bond acceptors (Lipinski definition) is 4. The van der Waals surface area contributed by atoms with Gasteiger partial charge < -0.3 is 5.11 Å². The van der Waals surface area contributed by atoms with Crippen LogP contribution in [0.2, 0.25) is 0 Å². The van der Waals surface area contributed by atoms with E-state index in [2.05, 4.69) is 11.4 Å². The molecule has 4 nitrogen and oxygen atoms in total. The molecule has 1 aromatic rings. The first-order valence-electron chi connectivity index (χ1n) is 5.31. The van der Waals surface area contributed by atoms with Crippen LogP contribution in [0, 0.1) is 11.3 Å².